The zero-order valence-electron chi connectivity index (χ0n) is 18.1. The maximum Gasteiger partial charge on any atom is 0.224 e. The maximum absolute atomic E-state index is 12.6. The average molecular weight is 419 g/mol. The zero-order valence-corrected chi connectivity index (χ0v) is 18.1. The third kappa shape index (κ3) is 4.11. The smallest absolute Gasteiger partial charge is 0.224 e. The predicted octanol–water partition coefficient (Wildman–Crippen LogP) is 4.10. The summed E-state index contributed by atoms with van der Waals surface area (Å²) in [6.45, 7) is 1.73. The average Bonchev–Trinajstić information content (AvgIpc) is 3.53. The fourth-order valence-corrected chi connectivity index (χ4v) is 5.04. The van der Waals surface area contributed by atoms with Crippen LogP contribution in [0.25, 0.3) is 11.0 Å². The molecule has 6 nitrogen and oxygen atoms in total. The highest BCUT2D eigenvalue weighted by Gasteiger charge is 2.30. The number of rotatable bonds is 6. The highest BCUT2D eigenvalue weighted by Crippen LogP contribution is 2.37. The molecule has 0 spiro atoms. The molecule has 1 amide bonds. The Hall–Kier alpha value is -3.02. The van der Waals surface area contributed by atoms with E-state index >= 15 is 0 Å². The third-order valence-electron chi connectivity index (χ3n) is 6.63. The third-order valence-corrected chi connectivity index (χ3v) is 6.63. The summed E-state index contributed by atoms with van der Waals surface area (Å²) in [6, 6.07) is 16.8. The van der Waals surface area contributed by atoms with Crippen LogP contribution in [0, 0.1) is 0 Å². The Balaban J connectivity index is 1.27. The van der Waals surface area contributed by atoms with Gasteiger partial charge in [-0.15, -0.1) is 0 Å². The lowest BCUT2D eigenvalue weighted by atomic mass is 10.1. The predicted molar refractivity (Wildman–Crippen MR) is 123 cm³/mol. The fourth-order valence-electron chi connectivity index (χ4n) is 5.04. The molecule has 31 heavy (non-hydrogen) atoms. The van der Waals surface area contributed by atoms with Crippen LogP contribution in [0.2, 0.25) is 0 Å². The fraction of sp³-hybridized carbons (Fsp3) is 0.440. The largest absolute Gasteiger partial charge is 0.497 e. The number of fused-ring (bicyclic) bond motifs is 1. The van der Waals surface area contributed by atoms with Crippen molar-refractivity contribution < 1.29 is 9.53 Å². The van der Waals surface area contributed by atoms with Crippen molar-refractivity contribution in [2.45, 2.75) is 50.6 Å². The number of methoxy groups -OCH3 is 1. The van der Waals surface area contributed by atoms with Crippen molar-refractivity contribution in [3.63, 3.8) is 0 Å². The molecule has 0 unspecified atom stereocenters. The lowest BCUT2D eigenvalue weighted by Gasteiger charge is -2.23. The van der Waals surface area contributed by atoms with Crippen LogP contribution in [0.4, 0.5) is 5.95 Å². The lowest BCUT2D eigenvalue weighted by molar-refractivity contribution is -0.121. The van der Waals surface area contributed by atoms with Gasteiger partial charge in [0.1, 0.15) is 5.75 Å². The van der Waals surface area contributed by atoms with Gasteiger partial charge in [0.2, 0.25) is 11.9 Å². The van der Waals surface area contributed by atoms with Crippen molar-refractivity contribution >= 4 is 22.9 Å². The van der Waals surface area contributed by atoms with Gasteiger partial charge in [0, 0.05) is 25.2 Å². The van der Waals surface area contributed by atoms with E-state index in [1.165, 1.54) is 31.2 Å². The summed E-state index contributed by atoms with van der Waals surface area (Å²) in [5.74, 6) is 1.95. The lowest BCUT2D eigenvalue weighted by Crippen LogP contribution is -2.38. The molecule has 3 aromatic rings. The molecule has 2 aromatic carbocycles. The van der Waals surface area contributed by atoms with Crippen LogP contribution in [-0.2, 0) is 11.2 Å². The number of benzene rings is 2. The number of carbonyl (C=O) groups excluding carboxylic acids is 1. The van der Waals surface area contributed by atoms with Crippen LogP contribution < -0.4 is 15.0 Å². The molecule has 0 bridgehead atoms. The molecular formula is C25H30N4O2. The van der Waals surface area contributed by atoms with Crippen LogP contribution in [0.1, 0.15) is 43.7 Å². The molecular weight excluding hydrogens is 388 g/mol. The van der Waals surface area contributed by atoms with Crippen LogP contribution in [0.15, 0.2) is 48.5 Å². The number of para-hydroxylation sites is 2. The van der Waals surface area contributed by atoms with E-state index in [-0.39, 0.29) is 11.9 Å². The van der Waals surface area contributed by atoms with Gasteiger partial charge in [-0.1, -0.05) is 37.1 Å². The first kappa shape index (κ1) is 19.9. The van der Waals surface area contributed by atoms with Gasteiger partial charge in [0.05, 0.1) is 24.6 Å². The highest BCUT2D eigenvalue weighted by atomic mass is 16.5. The molecule has 1 aliphatic heterocycles. The van der Waals surface area contributed by atoms with Gasteiger partial charge in [-0.05, 0) is 49.1 Å². The summed E-state index contributed by atoms with van der Waals surface area (Å²) in [5, 5.41) is 3.23. The standard InChI is InChI=1S/C25H30N4O2/c1-31-21-12-10-18(11-13-21)16-24(30)26-19-14-15-28(17-19)25-27-22-8-4-5-9-23(22)29(25)20-6-2-3-7-20/h4-5,8-13,19-20H,2-3,6-7,14-17H2,1H3,(H,26,30)/t19-/m1/s1. The molecule has 162 valence electrons. The Morgan fingerprint density at radius 2 is 1.87 bits per heavy atom. The molecule has 1 aromatic heterocycles. The normalized spacial score (nSPS) is 19.3. The van der Waals surface area contributed by atoms with E-state index in [9.17, 15) is 4.79 Å². The first-order chi connectivity index (χ1) is 15.2. The molecule has 1 aliphatic carbocycles. The maximum atomic E-state index is 12.6. The molecule has 1 saturated heterocycles. The first-order valence-corrected chi connectivity index (χ1v) is 11.4. The van der Waals surface area contributed by atoms with E-state index in [0.29, 0.717) is 12.5 Å². The summed E-state index contributed by atoms with van der Waals surface area (Å²) < 4.78 is 7.65. The number of aromatic nitrogens is 2. The SMILES string of the molecule is COc1ccc(CC(=O)N[C@@H]2CCN(c3nc4ccccc4n3C3CCCC3)C2)cc1. The van der Waals surface area contributed by atoms with E-state index in [1.807, 2.05) is 24.3 Å². The van der Waals surface area contributed by atoms with Crippen molar-refractivity contribution in [1.29, 1.82) is 0 Å². The molecule has 1 N–H and O–H groups in total. The first-order valence-electron chi connectivity index (χ1n) is 11.4. The molecule has 2 aliphatic rings. The number of anilines is 1. The van der Waals surface area contributed by atoms with Gasteiger partial charge in [0.15, 0.2) is 0 Å². The molecule has 6 heteroatoms. The van der Waals surface area contributed by atoms with Crippen molar-refractivity contribution in [2.75, 3.05) is 25.1 Å². The molecule has 1 atom stereocenters. The number of nitrogens with one attached hydrogen (secondary N) is 1. The van der Waals surface area contributed by atoms with Crippen LogP contribution in [0.3, 0.4) is 0 Å². The quantitative estimate of drug-likeness (QED) is 0.655. The second-order valence-electron chi connectivity index (χ2n) is 8.73. The van der Waals surface area contributed by atoms with E-state index in [4.69, 9.17) is 9.72 Å². The van der Waals surface area contributed by atoms with Crippen LogP contribution >= 0.6 is 0 Å². The molecule has 2 heterocycles. The van der Waals surface area contributed by atoms with Crippen molar-refractivity contribution in [2.24, 2.45) is 0 Å². The number of hydrogen-bond acceptors (Lipinski definition) is 4. The van der Waals surface area contributed by atoms with Crippen molar-refractivity contribution in [3.05, 3.63) is 54.1 Å². The van der Waals surface area contributed by atoms with E-state index < -0.39 is 0 Å². The number of nitrogens with zero attached hydrogens (tertiary/aromatic N) is 3. The summed E-state index contributed by atoms with van der Waals surface area (Å²) in [5.41, 5.74) is 3.30. The highest BCUT2D eigenvalue weighted by molar-refractivity contribution is 5.80. The molecule has 2 fully saturated rings. The van der Waals surface area contributed by atoms with Crippen LogP contribution in [-0.4, -0.2) is 41.7 Å². The van der Waals surface area contributed by atoms with Gasteiger partial charge in [-0.2, -0.15) is 0 Å². The van der Waals surface area contributed by atoms with E-state index in [0.717, 1.165) is 42.3 Å². The van der Waals surface area contributed by atoms with Gasteiger partial charge < -0.3 is 19.5 Å². The molecule has 0 radical (unpaired) electrons. The van der Waals surface area contributed by atoms with Crippen molar-refractivity contribution in [3.8, 4) is 5.75 Å². The second kappa shape index (κ2) is 8.61. The minimum absolute atomic E-state index is 0.0707. The minimum atomic E-state index is 0.0707. The summed E-state index contributed by atoms with van der Waals surface area (Å²) in [6.07, 6.45) is 6.37. The zero-order chi connectivity index (χ0) is 21.2. The Morgan fingerprint density at radius 3 is 2.65 bits per heavy atom. The van der Waals surface area contributed by atoms with Crippen molar-refractivity contribution in [1.82, 2.24) is 14.9 Å². The number of carbonyl (C=O) groups is 1. The van der Waals surface area contributed by atoms with Gasteiger partial charge in [-0.3, -0.25) is 4.79 Å². The summed E-state index contributed by atoms with van der Waals surface area (Å²) >= 11 is 0. The minimum Gasteiger partial charge on any atom is -0.497 e. The van der Waals surface area contributed by atoms with Gasteiger partial charge >= 0.3 is 0 Å². The number of ether oxygens (including phenoxy) is 1. The topological polar surface area (TPSA) is 59.4 Å². The molecule has 1 saturated carbocycles. The Morgan fingerprint density at radius 1 is 1.10 bits per heavy atom. The number of amides is 1. The Labute approximate surface area is 183 Å². The second-order valence-corrected chi connectivity index (χ2v) is 8.73. The van der Waals surface area contributed by atoms with Crippen LogP contribution in [0.5, 0.6) is 5.75 Å². The number of hydrogen-bond donors (Lipinski definition) is 1. The Bertz CT molecular complexity index is 1050. The Kier molecular flexibility index (Phi) is 5.53. The monoisotopic (exact) mass is 418 g/mol. The van der Waals surface area contributed by atoms with Gasteiger partial charge in [-0.25, -0.2) is 4.98 Å². The van der Waals surface area contributed by atoms with E-state index in [2.05, 4.69) is 39.0 Å². The number of imidazole rings is 1. The summed E-state index contributed by atoms with van der Waals surface area (Å²) in [4.78, 5) is 20.0. The van der Waals surface area contributed by atoms with Gasteiger partial charge in [0.25, 0.3) is 0 Å². The molecule has 5 rings (SSSR count). The summed E-state index contributed by atoms with van der Waals surface area (Å²) in [7, 11) is 1.65. The van der Waals surface area contributed by atoms with E-state index in [1.54, 1.807) is 7.11 Å².